The molecule has 6 heteroatoms. The van der Waals surface area contributed by atoms with Crippen LogP contribution < -0.4 is 0 Å². The quantitative estimate of drug-likeness (QED) is 0.850. The first-order chi connectivity index (χ1) is 12.7. The molecule has 2 aliphatic heterocycles. The molecular weight excluding hydrogens is 330 g/mol. The van der Waals surface area contributed by atoms with Gasteiger partial charge in [0.15, 0.2) is 0 Å². The first-order valence-electron chi connectivity index (χ1n) is 9.13. The summed E-state index contributed by atoms with van der Waals surface area (Å²) in [5.74, 6) is 0.172. The molecule has 1 unspecified atom stereocenters. The Morgan fingerprint density at radius 2 is 2.04 bits per heavy atom. The van der Waals surface area contributed by atoms with Crippen molar-refractivity contribution in [1.82, 2.24) is 14.8 Å². The molecule has 0 radical (unpaired) electrons. The van der Waals surface area contributed by atoms with E-state index in [-0.39, 0.29) is 17.2 Å². The molecule has 2 amide bonds. The Balaban J connectivity index is 1.40. The molecule has 1 atom stereocenters. The number of likely N-dealkylation sites (tertiary alicyclic amines) is 2. The molecule has 0 aromatic carbocycles. The van der Waals surface area contributed by atoms with E-state index in [9.17, 15) is 9.59 Å². The van der Waals surface area contributed by atoms with Crippen molar-refractivity contribution in [2.24, 2.45) is 5.41 Å². The van der Waals surface area contributed by atoms with E-state index in [1.165, 1.54) is 12.5 Å². The number of nitrogens with zero attached hydrogens (tertiary/aromatic N) is 3. The molecule has 1 spiro atoms. The van der Waals surface area contributed by atoms with Crippen molar-refractivity contribution in [3.8, 4) is 0 Å². The van der Waals surface area contributed by atoms with Crippen molar-refractivity contribution < 1.29 is 14.0 Å². The van der Waals surface area contributed by atoms with Crippen LogP contribution in [0.1, 0.15) is 35.2 Å². The zero-order chi connectivity index (χ0) is 18.0. The van der Waals surface area contributed by atoms with Crippen LogP contribution >= 0.6 is 0 Å². The van der Waals surface area contributed by atoms with Crippen molar-refractivity contribution in [2.75, 3.05) is 26.2 Å². The van der Waals surface area contributed by atoms with Crippen LogP contribution in [0.15, 0.2) is 47.5 Å². The van der Waals surface area contributed by atoms with Gasteiger partial charge in [0, 0.05) is 44.0 Å². The minimum Gasteiger partial charge on any atom is -0.472 e. The van der Waals surface area contributed by atoms with E-state index >= 15 is 0 Å². The molecule has 2 aliphatic rings. The molecule has 4 heterocycles. The van der Waals surface area contributed by atoms with Gasteiger partial charge >= 0.3 is 0 Å². The van der Waals surface area contributed by atoms with E-state index in [0.717, 1.165) is 44.5 Å². The fourth-order valence-electron chi connectivity index (χ4n) is 4.22. The van der Waals surface area contributed by atoms with Crippen molar-refractivity contribution in [3.05, 3.63) is 54.2 Å². The fourth-order valence-corrected chi connectivity index (χ4v) is 4.22. The second-order valence-electron chi connectivity index (χ2n) is 7.45. The van der Waals surface area contributed by atoms with E-state index in [1.807, 2.05) is 21.9 Å². The van der Waals surface area contributed by atoms with Crippen LogP contribution in [0.2, 0.25) is 0 Å². The molecule has 136 valence electrons. The second kappa shape index (κ2) is 6.94. The third-order valence-corrected chi connectivity index (χ3v) is 5.59. The van der Waals surface area contributed by atoms with Crippen LogP contribution in [-0.4, -0.2) is 52.8 Å². The Bertz CT molecular complexity index is 775. The predicted molar refractivity (Wildman–Crippen MR) is 95.4 cm³/mol. The van der Waals surface area contributed by atoms with Crippen LogP contribution in [0.5, 0.6) is 0 Å². The van der Waals surface area contributed by atoms with Gasteiger partial charge in [-0.25, -0.2) is 0 Å². The maximum absolute atomic E-state index is 12.7. The lowest BCUT2D eigenvalue weighted by Crippen LogP contribution is -2.48. The first kappa shape index (κ1) is 16.8. The fraction of sp³-hybridized carbons (Fsp3) is 0.450. The van der Waals surface area contributed by atoms with Crippen molar-refractivity contribution in [3.63, 3.8) is 0 Å². The number of aromatic nitrogens is 1. The molecule has 2 aromatic rings. The average molecular weight is 353 g/mol. The molecular formula is C20H23N3O3. The topological polar surface area (TPSA) is 66.7 Å². The van der Waals surface area contributed by atoms with Gasteiger partial charge in [0.25, 0.3) is 5.91 Å². The Morgan fingerprint density at radius 3 is 2.81 bits per heavy atom. The molecule has 6 nitrogen and oxygen atoms in total. The van der Waals surface area contributed by atoms with Gasteiger partial charge in [-0.15, -0.1) is 0 Å². The van der Waals surface area contributed by atoms with Crippen molar-refractivity contribution >= 4 is 11.8 Å². The lowest BCUT2D eigenvalue weighted by molar-refractivity contribution is -0.133. The molecule has 2 saturated heterocycles. The Hall–Kier alpha value is -2.63. The van der Waals surface area contributed by atoms with Gasteiger partial charge in [0.05, 0.1) is 18.2 Å². The van der Waals surface area contributed by atoms with E-state index in [1.54, 1.807) is 18.5 Å². The summed E-state index contributed by atoms with van der Waals surface area (Å²) in [4.78, 5) is 33.2. The first-order valence-corrected chi connectivity index (χ1v) is 9.13. The summed E-state index contributed by atoms with van der Waals surface area (Å²) in [5.41, 5.74) is 1.57. The SMILES string of the molecule is O=C(Cc1cccnc1)N1CCCC2(CCN(C(=O)c3ccoc3)C2)C1. The Labute approximate surface area is 152 Å². The lowest BCUT2D eigenvalue weighted by Gasteiger charge is -2.40. The average Bonchev–Trinajstić information content (AvgIpc) is 3.33. The summed E-state index contributed by atoms with van der Waals surface area (Å²) in [6.07, 6.45) is 9.89. The third kappa shape index (κ3) is 3.36. The standard InChI is InChI=1S/C20H23N3O3/c24-18(11-16-3-1-7-21-12-16)22-8-2-5-20(14-22)6-9-23(15-20)19(25)17-4-10-26-13-17/h1,3-4,7,10,12-13H,2,5-6,8-9,11,14-15H2. The minimum absolute atomic E-state index is 0.0226. The molecule has 0 bridgehead atoms. The summed E-state index contributed by atoms with van der Waals surface area (Å²) in [6.45, 7) is 3.00. The second-order valence-corrected chi connectivity index (χ2v) is 7.45. The molecule has 0 aliphatic carbocycles. The van der Waals surface area contributed by atoms with Crippen LogP contribution in [-0.2, 0) is 11.2 Å². The number of hydrogen-bond acceptors (Lipinski definition) is 4. The zero-order valence-corrected chi connectivity index (χ0v) is 14.8. The number of pyridine rings is 1. The van der Waals surface area contributed by atoms with E-state index in [0.29, 0.717) is 18.5 Å². The van der Waals surface area contributed by atoms with Crippen LogP contribution in [0.4, 0.5) is 0 Å². The smallest absolute Gasteiger partial charge is 0.257 e. The van der Waals surface area contributed by atoms with Gasteiger partial charge in [-0.3, -0.25) is 14.6 Å². The van der Waals surface area contributed by atoms with E-state index in [2.05, 4.69) is 4.98 Å². The van der Waals surface area contributed by atoms with E-state index < -0.39 is 0 Å². The predicted octanol–water partition coefficient (Wildman–Crippen LogP) is 2.37. The number of carbonyl (C=O) groups is 2. The van der Waals surface area contributed by atoms with Gasteiger partial charge in [0.1, 0.15) is 6.26 Å². The third-order valence-electron chi connectivity index (χ3n) is 5.59. The summed E-state index contributed by atoms with van der Waals surface area (Å²) >= 11 is 0. The highest BCUT2D eigenvalue weighted by Gasteiger charge is 2.43. The van der Waals surface area contributed by atoms with Crippen molar-refractivity contribution in [1.29, 1.82) is 0 Å². The number of carbonyl (C=O) groups excluding carboxylic acids is 2. The van der Waals surface area contributed by atoms with Gasteiger partial charge in [-0.05, 0) is 37.0 Å². The summed E-state index contributed by atoms with van der Waals surface area (Å²) in [7, 11) is 0. The van der Waals surface area contributed by atoms with Gasteiger partial charge in [-0.1, -0.05) is 6.07 Å². The number of rotatable bonds is 3. The maximum Gasteiger partial charge on any atom is 0.257 e. The van der Waals surface area contributed by atoms with Gasteiger partial charge in [0.2, 0.25) is 5.91 Å². The van der Waals surface area contributed by atoms with Gasteiger partial charge < -0.3 is 14.2 Å². The summed E-state index contributed by atoms with van der Waals surface area (Å²) < 4.78 is 5.03. The summed E-state index contributed by atoms with van der Waals surface area (Å²) in [6, 6.07) is 5.50. The molecule has 0 saturated carbocycles. The normalized spacial score (nSPS) is 22.8. The molecule has 0 N–H and O–H groups in total. The number of hydrogen-bond donors (Lipinski definition) is 0. The van der Waals surface area contributed by atoms with Crippen molar-refractivity contribution in [2.45, 2.75) is 25.7 Å². The number of furan rings is 1. The number of piperidine rings is 1. The molecule has 2 aromatic heterocycles. The number of amides is 2. The van der Waals surface area contributed by atoms with E-state index in [4.69, 9.17) is 4.42 Å². The highest BCUT2D eigenvalue weighted by molar-refractivity contribution is 5.94. The maximum atomic E-state index is 12.7. The monoisotopic (exact) mass is 353 g/mol. The minimum atomic E-state index is 0.0226. The van der Waals surface area contributed by atoms with Gasteiger partial charge in [-0.2, -0.15) is 0 Å². The lowest BCUT2D eigenvalue weighted by atomic mass is 9.79. The van der Waals surface area contributed by atoms with Crippen LogP contribution in [0.25, 0.3) is 0 Å². The highest BCUT2D eigenvalue weighted by atomic mass is 16.3. The Morgan fingerprint density at radius 1 is 1.15 bits per heavy atom. The molecule has 2 fully saturated rings. The van der Waals surface area contributed by atoms with Crippen LogP contribution in [0, 0.1) is 5.41 Å². The zero-order valence-electron chi connectivity index (χ0n) is 14.8. The molecule has 4 rings (SSSR count). The highest BCUT2D eigenvalue weighted by Crippen LogP contribution is 2.39. The molecule has 26 heavy (non-hydrogen) atoms. The van der Waals surface area contributed by atoms with Crippen LogP contribution in [0.3, 0.4) is 0 Å². The Kier molecular flexibility index (Phi) is 4.49. The largest absolute Gasteiger partial charge is 0.472 e. The summed E-state index contributed by atoms with van der Waals surface area (Å²) in [5, 5.41) is 0.